The van der Waals surface area contributed by atoms with Crippen molar-refractivity contribution < 1.29 is 14.7 Å². The molecule has 0 saturated carbocycles. The fourth-order valence-corrected chi connectivity index (χ4v) is 3.84. The van der Waals surface area contributed by atoms with Crippen molar-refractivity contribution in [1.82, 2.24) is 9.88 Å². The van der Waals surface area contributed by atoms with Crippen LogP contribution in [0.15, 0.2) is 24.3 Å². The van der Waals surface area contributed by atoms with Crippen molar-refractivity contribution >= 4 is 29.0 Å². The molecule has 132 valence electrons. The number of rotatable bonds is 6. The summed E-state index contributed by atoms with van der Waals surface area (Å²) < 4.78 is 0. The second kappa shape index (κ2) is 7.23. The Labute approximate surface area is 150 Å². The molecule has 2 aromatic rings. The number of carbonyl (C=O) groups excluding carboxylic acids is 1. The Morgan fingerprint density at radius 1 is 1.40 bits per heavy atom. The predicted octanol–water partition coefficient (Wildman–Crippen LogP) is 3.24. The van der Waals surface area contributed by atoms with Crippen LogP contribution in [0.5, 0.6) is 0 Å². The van der Waals surface area contributed by atoms with Gasteiger partial charge in [0.2, 0.25) is 5.91 Å². The third-order valence-electron chi connectivity index (χ3n) is 4.17. The van der Waals surface area contributed by atoms with Crippen molar-refractivity contribution in [3.8, 4) is 10.6 Å². The Kier molecular flexibility index (Phi) is 5.03. The lowest BCUT2D eigenvalue weighted by molar-refractivity contribution is -0.127. The predicted molar refractivity (Wildman–Crippen MR) is 98.1 cm³/mol. The van der Waals surface area contributed by atoms with E-state index in [9.17, 15) is 14.7 Å². The number of hydrogen-bond donors (Lipinski definition) is 2. The molecule has 1 aliphatic rings. The Morgan fingerprint density at radius 3 is 2.84 bits per heavy atom. The summed E-state index contributed by atoms with van der Waals surface area (Å²) in [5.74, 6) is -0.605. The van der Waals surface area contributed by atoms with Gasteiger partial charge in [0, 0.05) is 24.4 Å². The Hall–Kier alpha value is -2.41. The molecular formula is C18H21N3O3S. The van der Waals surface area contributed by atoms with Gasteiger partial charge in [-0.3, -0.25) is 4.79 Å². The molecule has 25 heavy (non-hydrogen) atoms. The number of carboxylic acid groups (broad SMARTS) is 1. The van der Waals surface area contributed by atoms with Gasteiger partial charge in [-0.15, -0.1) is 11.3 Å². The maximum absolute atomic E-state index is 12.0. The summed E-state index contributed by atoms with van der Waals surface area (Å²) in [6, 6.07) is 7.17. The average Bonchev–Trinajstić information content (AvgIpc) is 3.14. The fourth-order valence-electron chi connectivity index (χ4n) is 3.00. The minimum absolute atomic E-state index is 0.0984. The van der Waals surface area contributed by atoms with Gasteiger partial charge in [0.25, 0.3) is 0 Å². The van der Waals surface area contributed by atoms with E-state index in [1.807, 2.05) is 30.9 Å². The average molecular weight is 359 g/mol. The second-order valence-corrected chi connectivity index (χ2v) is 7.48. The first-order chi connectivity index (χ1) is 12.0. The number of aromatic carboxylic acids is 1. The number of aromatic nitrogens is 1. The topological polar surface area (TPSA) is 82.5 Å². The summed E-state index contributed by atoms with van der Waals surface area (Å²) in [7, 11) is 0. The van der Waals surface area contributed by atoms with E-state index in [4.69, 9.17) is 0 Å². The van der Waals surface area contributed by atoms with Gasteiger partial charge < -0.3 is 15.3 Å². The zero-order valence-electron chi connectivity index (χ0n) is 14.3. The largest absolute Gasteiger partial charge is 0.478 e. The highest BCUT2D eigenvalue weighted by Gasteiger charge is 2.30. The van der Waals surface area contributed by atoms with Gasteiger partial charge in [0.05, 0.1) is 16.6 Å². The molecule has 6 nitrogen and oxygen atoms in total. The van der Waals surface area contributed by atoms with E-state index < -0.39 is 5.97 Å². The van der Waals surface area contributed by atoms with Gasteiger partial charge in [-0.2, -0.15) is 0 Å². The lowest BCUT2D eigenvalue weighted by atomic mass is 10.2. The quantitative estimate of drug-likeness (QED) is 0.827. The number of hydrogen-bond acceptors (Lipinski definition) is 5. The standard InChI is InChI=1S/C18H21N3O3S/c1-3-8-21-10-12(9-16(21)22)19-17-13(18(23)24)5-6-14(20-17)15-7-4-11(2)25-15/h4-7,12H,3,8-10H2,1-2H3,(H,19,20)(H,23,24). The Morgan fingerprint density at radius 2 is 2.20 bits per heavy atom. The zero-order valence-corrected chi connectivity index (χ0v) is 15.1. The molecular weight excluding hydrogens is 338 g/mol. The molecule has 2 aromatic heterocycles. The minimum Gasteiger partial charge on any atom is -0.478 e. The lowest BCUT2D eigenvalue weighted by Crippen LogP contribution is -2.29. The number of anilines is 1. The van der Waals surface area contributed by atoms with Crippen LogP contribution in [0.2, 0.25) is 0 Å². The van der Waals surface area contributed by atoms with Crippen molar-refractivity contribution in [3.63, 3.8) is 0 Å². The molecule has 2 N–H and O–H groups in total. The van der Waals surface area contributed by atoms with Crippen LogP contribution in [-0.2, 0) is 4.79 Å². The van der Waals surface area contributed by atoms with Crippen LogP contribution in [0.1, 0.15) is 35.0 Å². The first kappa shape index (κ1) is 17.4. The van der Waals surface area contributed by atoms with Crippen LogP contribution < -0.4 is 5.32 Å². The maximum atomic E-state index is 12.0. The third kappa shape index (κ3) is 3.82. The molecule has 1 unspecified atom stereocenters. The van der Waals surface area contributed by atoms with Crippen LogP contribution in [0.25, 0.3) is 10.6 Å². The second-order valence-electron chi connectivity index (χ2n) is 6.19. The molecule has 1 fully saturated rings. The van der Waals surface area contributed by atoms with E-state index in [1.54, 1.807) is 23.5 Å². The number of thiophene rings is 1. The van der Waals surface area contributed by atoms with E-state index >= 15 is 0 Å². The van der Waals surface area contributed by atoms with Crippen LogP contribution in [0.4, 0.5) is 5.82 Å². The van der Waals surface area contributed by atoms with Crippen molar-refractivity contribution in [2.24, 2.45) is 0 Å². The monoisotopic (exact) mass is 359 g/mol. The van der Waals surface area contributed by atoms with E-state index in [-0.39, 0.29) is 17.5 Å². The van der Waals surface area contributed by atoms with E-state index in [1.165, 1.54) is 4.88 Å². The van der Waals surface area contributed by atoms with Crippen LogP contribution >= 0.6 is 11.3 Å². The minimum atomic E-state index is -1.03. The first-order valence-corrected chi connectivity index (χ1v) is 9.15. The molecule has 1 saturated heterocycles. The maximum Gasteiger partial charge on any atom is 0.339 e. The zero-order chi connectivity index (χ0) is 18.0. The molecule has 1 atom stereocenters. The molecule has 0 bridgehead atoms. The van der Waals surface area contributed by atoms with Crippen LogP contribution in [0.3, 0.4) is 0 Å². The van der Waals surface area contributed by atoms with E-state index in [2.05, 4.69) is 10.3 Å². The highest BCUT2D eigenvalue weighted by atomic mass is 32.1. The number of nitrogens with one attached hydrogen (secondary N) is 1. The molecule has 0 radical (unpaired) electrons. The molecule has 0 aromatic carbocycles. The van der Waals surface area contributed by atoms with Crippen LogP contribution in [-0.4, -0.2) is 46.0 Å². The number of carboxylic acids is 1. The summed E-state index contributed by atoms with van der Waals surface area (Å²) in [6.45, 7) is 5.36. The molecule has 3 heterocycles. The van der Waals surface area contributed by atoms with Gasteiger partial charge in [0.1, 0.15) is 11.4 Å². The van der Waals surface area contributed by atoms with Crippen molar-refractivity contribution in [1.29, 1.82) is 0 Å². The number of pyridine rings is 1. The molecule has 0 spiro atoms. The summed E-state index contributed by atoms with van der Waals surface area (Å²) in [5.41, 5.74) is 0.860. The summed E-state index contributed by atoms with van der Waals surface area (Å²) >= 11 is 1.61. The summed E-state index contributed by atoms with van der Waals surface area (Å²) in [6.07, 6.45) is 1.27. The summed E-state index contributed by atoms with van der Waals surface area (Å²) in [5, 5.41) is 12.6. The smallest absolute Gasteiger partial charge is 0.339 e. The molecule has 3 rings (SSSR count). The number of nitrogens with zero attached hydrogens (tertiary/aromatic N) is 2. The molecule has 7 heteroatoms. The number of likely N-dealkylation sites (tertiary alicyclic amines) is 1. The van der Waals surface area contributed by atoms with Crippen molar-refractivity contribution in [2.45, 2.75) is 32.7 Å². The highest BCUT2D eigenvalue weighted by molar-refractivity contribution is 7.15. The van der Waals surface area contributed by atoms with Gasteiger partial charge in [-0.25, -0.2) is 9.78 Å². The molecule has 0 aliphatic carbocycles. The van der Waals surface area contributed by atoms with Gasteiger partial charge in [0.15, 0.2) is 0 Å². The van der Waals surface area contributed by atoms with Gasteiger partial charge in [-0.05, 0) is 37.6 Å². The normalized spacial score (nSPS) is 17.1. The van der Waals surface area contributed by atoms with Crippen LogP contribution in [0, 0.1) is 6.92 Å². The third-order valence-corrected chi connectivity index (χ3v) is 5.19. The SMILES string of the molecule is CCCN1CC(Nc2nc(-c3ccc(C)s3)ccc2C(=O)O)CC1=O. The fraction of sp³-hybridized carbons (Fsp3) is 0.389. The van der Waals surface area contributed by atoms with Gasteiger partial charge >= 0.3 is 5.97 Å². The number of carbonyl (C=O) groups is 2. The summed E-state index contributed by atoms with van der Waals surface area (Å²) in [4.78, 5) is 32.1. The highest BCUT2D eigenvalue weighted by Crippen LogP contribution is 2.29. The molecule has 1 amide bonds. The van der Waals surface area contributed by atoms with E-state index in [0.717, 1.165) is 23.5 Å². The number of amides is 1. The Bertz CT molecular complexity index is 803. The van der Waals surface area contributed by atoms with Crippen molar-refractivity contribution in [3.05, 3.63) is 34.7 Å². The first-order valence-electron chi connectivity index (χ1n) is 8.33. The van der Waals surface area contributed by atoms with Gasteiger partial charge in [-0.1, -0.05) is 6.92 Å². The molecule has 1 aliphatic heterocycles. The number of aryl methyl sites for hydroxylation is 1. The lowest BCUT2D eigenvalue weighted by Gasteiger charge is -2.17. The van der Waals surface area contributed by atoms with Crippen molar-refractivity contribution in [2.75, 3.05) is 18.4 Å². The Balaban J connectivity index is 1.86. The van der Waals surface area contributed by atoms with E-state index in [0.29, 0.717) is 18.8 Å².